The number of anilines is 2. The van der Waals surface area contributed by atoms with Gasteiger partial charge in [0.05, 0.1) is 39.2 Å². The lowest BCUT2D eigenvalue weighted by Gasteiger charge is -2.14. The Balaban J connectivity index is 2.05. The lowest BCUT2D eigenvalue weighted by atomic mass is 10.2. The van der Waals surface area contributed by atoms with Crippen molar-refractivity contribution in [3.63, 3.8) is 0 Å². The molecule has 0 aliphatic heterocycles. The first kappa shape index (κ1) is 18.7. The molecular formula is C18H21ClN2O4. The summed E-state index contributed by atoms with van der Waals surface area (Å²) in [4.78, 5) is 12.2. The Hall–Kier alpha value is -2.60. The first-order chi connectivity index (χ1) is 12.0. The van der Waals surface area contributed by atoms with Crippen molar-refractivity contribution >= 4 is 28.9 Å². The average Bonchev–Trinajstić information content (AvgIpc) is 2.62. The Labute approximate surface area is 152 Å². The van der Waals surface area contributed by atoms with E-state index in [1.807, 2.05) is 6.92 Å². The highest BCUT2D eigenvalue weighted by molar-refractivity contribution is 6.31. The Bertz CT molecular complexity index is 765. The van der Waals surface area contributed by atoms with E-state index >= 15 is 0 Å². The molecule has 0 unspecified atom stereocenters. The summed E-state index contributed by atoms with van der Waals surface area (Å²) in [6, 6.07) is 8.76. The molecule has 2 aromatic rings. The highest BCUT2D eigenvalue weighted by Crippen LogP contribution is 2.31. The van der Waals surface area contributed by atoms with Gasteiger partial charge < -0.3 is 24.8 Å². The summed E-state index contributed by atoms with van der Waals surface area (Å²) in [7, 11) is 4.66. The molecule has 0 atom stereocenters. The average molecular weight is 365 g/mol. The van der Waals surface area contributed by atoms with E-state index in [1.54, 1.807) is 44.6 Å². The van der Waals surface area contributed by atoms with Crippen molar-refractivity contribution in [3.05, 3.63) is 40.9 Å². The molecule has 25 heavy (non-hydrogen) atoms. The fourth-order valence-electron chi connectivity index (χ4n) is 2.24. The van der Waals surface area contributed by atoms with Crippen molar-refractivity contribution in [1.29, 1.82) is 0 Å². The smallest absolute Gasteiger partial charge is 0.243 e. The summed E-state index contributed by atoms with van der Waals surface area (Å²) >= 11 is 6.07. The summed E-state index contributed by atoms with van der Waals surface area (Å²) < 4.78 is 15.7. The largest absolute Gasteiger partial charge is 0.497 e. The molecule has 2 aromatic carbocycles. The van der Waals surface area contributed by atoms with Gasteiger partial charge in [0.1, 0.15) is 17.2 Å². The molecule has 0 aromatic heterocycles. The topological polar surface area (TPSA) is 68.8 Å². The number of aryl methyl sites for hydroxylation is 1. The monoisotopic (exact) mass is 364 g/mol. The van der Waals surface area contributed by atoms with Crippen LogP contribution in [0.2, 0.25) is 5.02 Å². The minimum atomic E-state index is -0.224. The third-order valence-corrected chi connectivity index (χ3v) is 4.01. The van der Waals surface area contributed by atoms with E-state index in [2.05, 4.69) is 10.6 Å². The lowest BCUT2D eigenvalue weighted by molar-refractivity contribution is -0.114. The predicted molar refractivity (Wildman–Crippen MR) is 99.4 cm³/mol. The molecule has 0 aliphatic rings. The van der Waals surface area contributed by atoms with Crippen LogP contribution in [-0.4, -0.2) is 33.8 Å². The highest BCUT2D eigenvalue weighted by atomic mass is 35.5. The number of hydrogen-bond donors (Lipinski definition) is 2. The zero-order valence-electron chi connectivity index (χ0n) is 14.6. The van der Waals surface area contributed by atoms with Crippen LogP contribution in [0, 0.1) is 6.92 Å². The van der Waals surface area contributed by atoms with Crippen molar-refractivity contribution < 1.29 is 19.0 Å². The third-order valence-electron chi connectivity index (χ3n) is 3.60. The van der Waals surface area contributed by atoms with Gasteiger partial charge in [-0.1, -0.05) is 11.6 Å². The van der Waals surface area contributed by atoms with Gasteiger partial charge in [0.2, 0.25) is 5.91 Å². The molecule has 0 fully saturated rings. The van der Waals surface area contributed by atoms with Crippen molar-refractivity contribution in [1.82, 2.24) is 0 Å². The van der Waals surface area contributed by atoms with E-state index in [9.17, 15) is 4.79 Å². The molecule has 6 nitrogen and oxygen atoms in total. The maximum atomic E-state index is 12.2. The molecule has 0 spiro atoms. The van der Waals surface area contributed by atoms with Crippen LogP contribution in [0.15, 0.2) is 30.3 Å². The van der Waals surface area contributed by atoms with Crippen LogP contribution >= 0.6 is 11.6 Å². The van der Waals surface area contributed by atoms with Crippen molar-refractivity contribution in [2.45, 2.75) is 6.92 Å². The van der Waals surface area contributed by atoms with Crippen LogP contribution in [0.4, 0.5) is 11.4 Å². The van der Waals surface area contributed by atoms with E-state index in [0.717, 1.165) is 5.56 Å². The zero-order valence-corrected chi connectivity index (χ0v) is 15.4. The summed E-state index contributed by atoms with van der Waals surface area (Å²) in [6.07, 6.45) is 0. The fourth-order valence-corrected chi connectivity index (χ4v) is 2.40. The van der Waals surface area contributed by atoms with Gasteiger partial charge in [-0.05, 0) is 30.7 Å². The fraction of sp³-hybridized carbons (Fsp3) is 0.278. The van der Waals surface area contributed by atoms with E-state index in [-0.39, 0.29) is 12.5 Å². The number of nitrogens with one attached hydrogen (secondary N) is 2. The second kappa shape index (κ2) is 8.48. The van der Waals surface area contributed by atoms with Gasteiger partial charge in [-0.2, -0.15) is 0 Å². The minimum absolute atomic E-state index is 0.0630. The SMILES string of the molecule is COc1ccc(NCC(=O)Nc2cc(C)c(Cl)cc2OC)c(OC)c1. The molecule has 0 heterocycles. The van der Waals surface area contributed by atoms with Crippen molar-refractivity contribution in [3.8, 4) is 17.2 Å². The summed E-state index contributed by atoms with van der Waals surface area (Å²) in [5.74, 6) is 1.55. The Morgan fingerprint density at radius 2 is 1.68 bits per heavy atom. The summed E-state index contributed by atoms with van der Waals surface area (Å²) in [6.45, 7) is 1.92. The molecule has 0 bridgehead atoms. The number of amides is 1. The Morgan fingerprint density at radius 3 is 2.32 bits per heavy atom. The third kappa shape index (κ3) is 4.70. The van der Waals surface area contributed by atoms with Gasteiger partial charge in [-0.3, -0.25) is 4.79 Å². The number of methoxy groups -OCH3 is 3. The number of ether oxygens (including phenoxy) is 3. The van der Waals surface area contributed by atoms with E-state index in [0.29, 0.717) is 33.6 Å². The van der Waals surface area contributed by atoms with Gasteiger partial charge in [-0.15, -0.1) is 0 Å². The maximum Gasteiger partial charge on any atom is 0.243 e. The predicted octanol–water partition coefficient (Wildman–Crippen LogP) is 3.72. The number of carbonyl (C=O) groups is 1. The summed E-state index contributed by atoms with van der Waals surface area (Å²) in [5, 5.41) is 6.43. The molecule has 7 heteroatoms. The number of hydrogen-bond acceptors (Lipinski definition) is 5. The second-order valence-corrected chi connectivity index (χ2v) is 5.68. The van der Waals surface area contributed by atoms with Crippen LogP contribution in [0.3, 0.4) is 0 Å². The Morgan fingerprint density at radius 1 is 1.00 bits per heavy atom. The number of carbonyl (C=O) groups excluding carboxylic acids is 1. The number of halogens is 1. The first-order valence-corrected chi connectivity index (χ1v) is 7.96. The molecule has 1 amide bonds. The normalized spacial score (nSPS) is 10.1. The molecular weight excluding hydrogens is 344 g/mol. The number of benzene rings is 2. The van der Waals surface area contributed by atoms with Crippen molar-refractivity contribution in [2.75, 3.05) is 38.5 Å². The van der Waals surface area contributed by atoms with Crippen LogP contribution in [0.5, 0.6) is 17.2 Å². The van der Waals surface area contributed by atoms with Gasteiger partial charge in [0, 0.05) is 17.2 Å². The second-order valence-electron chi connectivity index (χ2n) is 5.27. The molecule has 0 saturated carbocycles. The zero-order chi connectivity index (χ0) is 18.4. The van der Waals surface area contributed by atoms with E-state index in [4.69, 9.17) is 25.8 Å². The molecule has 0 aliphatic carbocycles. The molecule has 2 rings (SSSR count). The number of rotatable bonds is 7. The lowest BCUT2D eigenvalue weighted by Crippen LogP contribution is -2.22. The van der Waals surface area contributed by atoms with Crippen LogP contribution in [-0.2, 0) is 4.79 Å². The maximum absolute atomic E-state index is 12.2. The van der Waals surface area contributed by atoms with Crippen LogP contribution in [0.1, 0.15) is 5.56 Å². The van der Waals surface area contributed by atoms with Gasteiger partial charge in [0.15, 0.2) is 0 Å². The molecule has 0 radical (unpaired) electrons. The summed E-state index contributed by atoms with van der Waals surface area (Å²) in [5.41, 5.74) is 2.11. The minimum Gasteiger partial charge on any atom is -0.497 e. The first-order valence-electron chi connectivity index (χ1n) is 7.58. The van der Waals surface area contributed by atoms with E-state index in [1.165, 1.54) is 7.11 Å². The molecule has 0 saturated heterocycles. The molecule has 2 N–H and O–H groups in total. The van der Waals surface area contributed by atoms with Gasteiger partial charge in [0.25, 0.3) is 0 Å². The quantitative estimate of drug-likeness (QED) is 0.783. The van der Waals surface area contributed by atoms with E-state index < -0.39 is 0 Å². The Kier molecular flexibility index (Phi) is 6.36. The highest BCUT2D eigenvalue weighted by Gasteiger charge is 2.11. The van der Waals surface area contributed by atoms with Crippen LogP contribution in [0.25, 0.3) is 0 Å². The molecule has 134 valence electrons. The van der Waals surface area contributed by atoms with Crippen LogP contribution < -0.4 is 24.8 Å². The van der Waals surface area contributed by atoms with Gasteiger partial charge >= 0.3 is 0 Å². The standard InChI is InChI=1S/C18H21ClN2O4/c1-11-7-15(17(25-4)9-13(11)19)21-18(22)10-20-14-6-5-12(23-2)8-16(14)24-3/h5-9,20H,10H2,1-4H3,(H,21,22). The van der Waals surface area contributed by atoms with Gasteiger partial charge in [-0.25, -0.2) is 0 Å². The van der Waals surface area contributed by atoms with Crippen molar-refractivity contribution in [2.24, 2.45) is 0 Å².